The van der Waals surface area contributed by atoms with Crippen LogP contribution in [0.15, 0.2) is 24.4 Å². The van der Waals surface area contributed by atoms with Crippen LogP contribution in [0.5, 0.6) is 5.75 Å². The molecule has 2 aromatic heterocycles. The van der Waals surface area contributed by atoms with E-state index in [1.807, 2.05) is 0 Å². The Morgan fingerprint density at radius 1 is 1.42 bits per heavy atom. The van der Waals surface area contributed by atoms with Crippen LogP contribution in [0.4, 0.5) is 8.78 Å². The van der Waals surface area contributed by atoms with Gasteiger partial charge in [-0.3, -0.25) is 4.79 Å². The number of aromatic nitrogens is 2. The highest BCUT2D eigenvalue weighted by Gasteiger charge is 2.20. The molecular formula is C15H10ClF2N3O2S. The molecule has 9 heteroatoms. The number of pyridine rings is 1. The molecule has 0 fully saturated rings. The highest BCUT2D eigenvalue weighted by atomic mass is 35.5. The number of nitrogens with zero attached hydrogens (tertiary/aromatic N) is 2. The molecular weight excluding hydrogens is 360 g/mol. The molecule has 2 heterocycles. The fraction of sp³-hybridized carbons (Fsp3) is 0.133. The standard InChI is InChI=1S/C15H10ClF2N3O2S/c1-19-14(22)12-8(17)2-3-10(13(12)18)23-6-11-21-9-4-7(16)5-20-15(9)24-11/h2-5H,6H2,1H3,(H,19,22). The summed E-state index contributed by atoms with van der Waals surface area (Å²) in [6.45, 7) is -0.0472. The second-order valence-electron chi connectivity index (χ2n) is 4.69. The van der Waals surface area contributed by atoms with E-state index in [2.05, 4.69) is 15.3 Å². The highest BCUT2D eigenvalue weighted by Crippen LogP contribution is 2.26. The van der Waals surface area contributed by atoms with Crippen LogP contribution in [0.3, 0.4) is 0 Å². The number of halogens is 3. The lowest BCUT2D eigenvalue weighted by Gasteiger charge is -2.09. The Morgan fingerprint density at radius 3 is 2.96 bits per heavy atom. The van der Waals surface area contributed by atoms with E-state index in [9.17, 15) is 13.6 Å². The first kappa shape index (κ1) is 16.5. The zero-order chi connectivity index (χ0) is 17.3. The van der Waals surface area contributed by atoms with Crippen molar-refractivity contribution in [2.24, 2.45) is 0 Å². The SMILES string of the molecule is CNC(=O)c1c(F)ccc(OCc2nc3cc(Cl)cnc3s2)c1F. The fourth-order valence-electron chi connectivity index (χ4n) is 2.02. The number of carbonyl (C=O) groups excluding carboxylic acids is 1. The van der Waals surface area contributed by atoms with Gasteiger partial charge in [0.15, 0.2) is 11.6 Å². The van der Waals surface area contributed by atoms with Gasteiger partial charge in [0, 0.05) is 13.2 Å². The number of thiazole rings is 1. The molecule has 3 rings (SSSR count). The van der Waals surface area contributed by atoms with Crippen molar-refractivity contribution < 1.29 is 18.3 Å². The van der Waals surface area contributed by atoms with Gasteiger partial charge in [0.1, 0.15) is 33.3 Å². The maximum Gasteiger partial charge on any atom is 0.257 e. The van der Waals surface area contributed by atoms with Crippen molar-refractivity contribution in [2.45, 2.75) is 6.61 Å². The van der Waals surface area contributed by atoms with Gasteiger partial charge >= 0.3 is 0 Å². The molecule has 1 N–H and O–H groups in total. The van der Waals surface area contributed by atoms with Crippen LogP contribution in [-0.2, 0) is 6.61 Å². The maximum absolute atomic E-state index is 14.3. The summed E-state index contributed by atoms with van der Waals surface area (Å²) in [6.07, 6.45) is 1.50. The molecule has 0 saturated carbocycles. The number of ether oxygens (including phenoxy) is 1. The van der Waals surface area contributed by atoms with Crippen molar-refractivity contribution in [1.82, 2.24) is 15.3 Å². The largest absolute Gasteiger partial charge is 0.483 e. The summed E-state index contributed by atoms with van der Waals surface area (Å²) in [6, 6.07) is 3.76. The van der Waals surface area contributed by atoms with Crippen molar-refractivity contribution in [1.29, 1.82) is 0 Å². The van der Waals surface area contributed by atoms with Gasteiger partial charge in [0.25, 0.3) is 5.91 Å². The van der Waals surface area contributed by atoms with Gasteiger partial charge in [-0.1, -0.05) is 22.9 Å². The first-order valence-corrected chi connectivity index (χ1v) is 7.93. The number of fused-ring (bicyclic) bond motifs is 1. The minimum atomic E-state index is -1.06. The Kier molecular flexibility index (Phi) is 4.59. The molecule has 1 amide bonds. The normalized spacial score (nSPS) is 10.8. The van der Waals surface area contributed by atoms with E-state index in [1.54, 1.807) is 6.07 Å². The fourth-order valence-corrected chi connectivity index (χ4v) is 2.97. The molecule has 5 nitrogen and oxygen atoms in total. The van der Waals surface area contributed by atoms with Gasteiger partial charge in [-0.15, -0.1) is 0 Å². The lowest BCUT2D eigenvalue weighted by atomic mass is 10.1. The topological polar surface area (TPSA) is 64.1 Å². The third-order valence-corrected chi connectivity index (χ3v) is 4.28. The second-order valence-corrected chi connectivity index (χ2v) is 6.19. The molecule has 0 atom stereocenters. The lowest BCUT2D eigenvalue weighted by molar-refractivity contribution is 0.0953. The monoisotopic (exact) mass is 369 g/mol. The summed E-state index contributed by atoms with van der Waals surface area (Å²) < 4.78 is 33.2. The molecule has 24 heavy (non-hydrogen) atoms. The minimum Gasteiger partial charge on any atom is -0.483 e. The molecule has 0 bridgehead atoms. The van der Waals surface area contributed by atoms with Crippen molar-refractivity contribution in [3.05, 3.63) is 51.6 Å². The average Bonchev–Trinajstić information content (AvgIpc) is 2.95. The summed E-state index contributed by atoms with van der Waals surface area (Å²) >= 11 is 7.11. The molecule has 0 aliphatic carbocycles. The summed E-state index contributed by atoms with van der Waals surface area (Å²) in [5.41, 5.74) is -0.0792. The van der Waals surface area contributed by atoms with E-state index >= 15 is 0 Å². The molecule has 0 aliphatic heterocycles. The number of carbonyl (C=O) groups is 1. The highest BCUT2D eigenvalue weighted by molar-refractivity contribution is 7.18. The number of hydrogen-bond acceptors (Lipinski definition) is 5. The Morgan fingerprint density at radius 2 is 2.21 bits per heavy atom. The molecule has 0 aliphatic rings. The minimum absolute atomic E-state index is 0.0472. The number of nitrogens with one attached hydrogen (secondary N) is 1. The predicted molar refractivity (Wildman–Crippen MR) is 86.5 cm³/mol. The van der Waals surface area contributed by atoms with Crippen LogP contribution in [0.1, 0.15) is 15.4 Å². The van der Waals surface area contributed by atoms with E-state index in [0.717, 1.165) is 12.1 Å². The first-order chi connectivity index (χ1) is 11.5. The Balaban J connectivity index is 1.84. The third-order valence-electron chi connectivity index (χ3n) is 3.12. The quantitative estimate of drug-likeness (QED) is 0.763. The van der Waals surface area contributed by atoms with Gasteiger partial charge < -0.3 is 10.1 Å². The van der Waals surface area contributed by atoms with Crippen LogP contribution in [0.25, 0.3) is 10.3 Å². The van der Waals surface area contributed by atoms with Crippen LogP contribution in [-0.4, -0.2) is 22.9 Å². The third kappa shape index (κ3) is 3.15. The summed E-state index contributed by atoms with van der Waals surface area (Å²) in [5, 5.41) is 3.19. The van der Waals surface area contributed by atoms with E-state index in [-0.39, 0.29) is 12.4 Å². The molecule has 0 saturated heterocycles. The second kappa shape index (κ2) is 6.66. The molecule has 0 radical (unpaired) electrons. The zero-order valence-corrected chi connectivity index (χ0v) is 13.8. The molecule has 3 aromatic rings. The van der Waals surface area contributed by atoms with Crippen LogP contribution >= 0.6 is 22.9 Å². The van der Waals surface area contributed by atoms with E-state index in [1.165, 1.54) is 24.6 Å². The van der Waals surface area contributed by atoms with Crippen molar-refractivity contribution in [3.8, 4) is 5.75 Å². The van der Waals surface area contributed by atoms with Gasteiger partial charge in [0.2, 0.25) is 0 Å². The van der Waals surface area contributed by atoms with Gasteiger partial charge in [0.05, 0.1) is 5.02 Å². The Bertz CT molecular complexity index is 932. The van der Waals surface area contributed by atoms with Gasteiger partial charge in [-0.25, -0.2) is 18.7 Å². The number of amides is 1. The molecule has 124 valence electrons. The predicted octanol–water partition coefficient (Wildman–Crippen LogP) is 3.56. The van der Waals surface area contributed by atoms with Gasteiger partial charge in [-0.2, -0.15) is 0 Å². The molecule has 0 spiro atoms. The zero-order valence-electron chi connectivity index (χ0n) is 12.3. The van der Waals surface area contributed by atoms with E-state index in [4.69, 9.17) is 16.3 Å². The summed E-state index contributed by atoms with van der Waals surface area (Å²) in [5.74, 6) is -3.12. The number of benzene rings is 1. The lowest BCUT2D eigenvalue weighted by Crippen LogP contribution is -2.21. The Hall–Kier alpha value is -2.32. The average molecular weight is 370 g/mol. The van der Waals surface area contributed by atoms with E-state index < -0.39 is 23.1 Å². The number of rotatable bonds is 4. The van der Waals surface area contributed by atoms with E-state index in [0.29, 0.717) is 20.4 Å². The van der Waals surface area contributed by atoms with Gasteiger partial charge in [-0.05, 0) is 18.2 Å². The van der Waals surface area contributed by atoms with Crippen molar-refractivity contribution >= 4 is 39.2 Å². The molecule has 0 unspecified atom stereocenters. The van der Waals surface area contributed by atoms with Crippen LogP contribution in [0.2, 0.25) is 5.02 Å². The number of hydrogen-bond donors (Lipinski definition) is 1. The van der Waals surface area contributed by atoms with Crippen molar-refractivity contribution in [3.63, 3.8) is 0 Å². The Labute approximate surface area is 144 Å². The van der Waals surface area contributed by atoms with Crippen molar-refractivity contribution in [2.75, 3.05) is 7.05 Å². The first-order valence-electron chi connectivity index (χ1n) is 6.73. The summed E-state index contributed by atoms with van der Waals surface area (Å²) in [7, 11) is 1.29. The van der Waals surface area contributed by atoms with Crippen LogP contribution < -0.4 is 10.1 Å². The maximum atomic E-state index is 14.3. The smallest absolute Gasteiger partial charge is 0.257 e. The van der Waals surface area contributed by atoms with Crippen LogP contribution in [0, 0.1) is 11.6 Å². The molecule has 1 aromatic carbocycles. The summed E-state index contributed by atoms with van der Waals surface area (Å²) in [4.78, 5) is 20.6.